The fourth-order valence-electron chi connectivity index (χ4n) is 2.68. The fraction of sp³-hybridized carbons (Fsp3) is 0.647. The summed E-state index contributed by atoms with van der Waals surface area (Å²) in [6.45, 7) is 6.45. The van der Waals surface area contributed by atoms with Crippen LogP contribution in [0.1, 0.15) is 37.9 Å². The summed E-state index contributed by atoms with van der Waals surface area (Å²) in [5, 5.41) is 3.50. The quantitative estimate of drug-likeness (QED) is 0.775. The maximum atomic E-state index is 6.38. The molecule has 1 saturated heterocycles. The number of benzene rings is 1. The zero-order chi connectivity index (χ0) is 14.2. The van der Waals surface area contributed by atoms with Crippen LogP contribution in [0.3, 0.4) is 0 Å². The third kappa shape index (κ3) is 4.89. The van der Waals surface area contributed by atoms with Crippen molar-refractivity contribution < 1.29 is 4.74 Å². The predicted octanol–water partition coefficient (Wildman–Crippen LogP) is 2.84. The van der Waals surface area contributed by atoms with Gasteiger partial charge in [0.1, 0.15) is 0 Å². The summed E-state index contributed by atoms with van der Waals surface area (Å²) in [7, 11) is 2.19. The highest BCUT2D eigenvalue weighted by Crippen LogP contribution is 2.23. The van der Waals surface area contributed by atoms with Crippen LogP contribution < -0.4 is 5.32 Å². The van der Waals surface area contributed by atoms with Crippen molar-refractivity contribution in [1.82, 2.24) is 10.2 Å². The Kier molecular flexibility index (Phi) is 6.51. The minimum Gasteiger partial charge on any atom is -0.369 e. The summed E-state index contributed by atoms with van der Waals surface area (Å²) in [4.78, 5) is 2.38. The lowest BCUT2D eigenvalue weighted by Gasteiger charge is -2.32. The molecule has 1 heterocycles. The molecule has 1 atom stereocenters. The highest BCUT2D eigenvalue weighted by molar-refractivity contribution is 5.18. The lowest BCUT2D eigenvalue weighted by molar-refractivity contribution is -0.0402. The first-order valence-electron chi connectivity index (χ1n) is 7.89. The second-order valence-corrected chi connectivity index (χ2v) is 5.74. The van der Waals surface area contributed by atoms with E-state index >= 15 is 0 Å². The third-order valence-corrected chi connectivity index (χ3v) is 3.95. The number of ether oxygens (including phenoxy) is 1. The van der Waals surface area contributed by atoms with E-state index < -0.39 is 0 Å². The van der Waals surface area contributed by atoms with Gasteiger partial charge in [0, 0.05) is 19.6 Å². The van der Waals surface area contributed by atoms with Gasteiger partial charge in [0.2, 0.25) is 0 Å². The van der Waals surface area contributed by atoms with Crippen molar-refractivity contribution in [3.05, 3.63) is 35.9 Å². The summed E-state index contributed by atoms with van der Waals surface area (Å²) < 4.78 is 6.38. The minimum atomic E-state index is 0.177. The summed E-state index contributed by atoms with van der Waals surface area (Å²) in [6, 6.07) is 10.6. The number of nitrogens with one attached hydrogen (secondary N) is 1. The van der Waals surface area contributed by atoms with Gasteiger partial charge >= 0.3 is 0 Å². The number of nitrogens with zero attached hydrogens (tertiary/aromatic N) is 1. The van der Waals surface area contributed by atoms with Crippen LogP contribution in [0, 0.1) is 0 Å². The van der Waals surface area contributed by atoms with Gasteiger partial charge in [-0.15, -0.1) is 0 Å². The van der Waals surface area contributed by atoms with Gasteiger partial charge < -0.3 is 15.0 Å². The molecule has 3 nitrogen and oxygen atoms in total. The second kappa shape index (κ2) is 8.40. The molecule has 0 spiro atoms. The Balaban J connectivity index is 1.92. The van der Waals surface area contributed by atoms with E-state index in [0.717, 1.165) is 45.4 Å². The summed E-state index contributed by atoms with van der Waals surface area (Å²) in [5.74, 6) is 0. The Hall–Kier alpha value is -0.900. The lowest BCUT2D eigenvalue weighted by atomic mass is 10.1. The first-order valence-corrected chi connectivity index (χ1v) is 7.89. The molecular weight excluding hydrogens is 248 g/mol. The Bertz CT molecular complexity index is 361. The molecule has 0 aromatic heterocycles. The molecule has 0 bridgehead atoms. The Morgan fingerprint density at radius 3 is 2.60 bits per heavy atom. The molecule has 1 aliphatic heterocycles. The van der Waals surface area contributed by atoms with E-state index in [2.05, 4.69) is 54.5 Å². The summed E-state index contributed by atoms with van der Waals surface area (Å²) in [5.41, 5.74) is 1.29. The molecule has 0 amide bonds. The second-order valence-electron chi connectivity index (χ2n) is 5.74. The van der Waals surface area contributed by atoms with Crippen LogP contribution in [0.2, 0.25) is 0 Å². The van der Waals surface area contributed by atoms with E-state index in [1.807, 2.05) is 0 Å². The van der Waals surface area contributed by atoms with Gasteiger partial charge in [0.05, 0.1) is 12.2 Å². The highest BCUT2D eigenvalue weighted by Gasteiger charge is 2.21. The predicted molar refractivity (Wildman–Crippen MR) is 83.9 cm³/mol. The molecule has 0 saturated carbocycles. The SMILES string of the molecule is CCCNCC(OC1CCN(C)CC1)c1ccccc1. The molecule has 1 aliphatic rings. The smallest absolute Gasteiger partial charge is 0.0952 e. The molecule has 2 rings (SSSR count). The average molecular weight is 276 g/mol. The number of hydrogen-bond donors (Lipinski definition) is 1. The molecule has 0 radical (unpaired) electrons. The summed E-state index contributed by atoms with van der Waals surface area (Å²) in [6.07, 6.45) is 4.03. The van der Waals surface area contributed by atoms with E-state index in [1.54, 1.807) is 0 Å². The van der Waals surface area contributed by atoms with Crippen molar-refractivity contribution in [3.8, 4) is 0 Å². The topological polar surface area (TPSA) is 24.5 Å². The van der Waals surface area contributed by atoms with E-state index in [4.69, 9.17) is 4.74 Å². The monoisotopic (exact) mass is 276 g/mol. The summed E-state index contributed by atoms with van der Waals surface area (Å²) >= 11 is 0. The Morgan fingerprint density at radius 1 is 1.25 bits per heavy atom. The van der Waals surface area contributed by atoms with Crippen LogP contribution >= 0.6 is 0 Å². The van der Waals surface area contributed by atoms with E-state index in [0.29, 0.717) is 6.10 Å². The van der Waals surface area contributed by atoms with Gasteiger partial charge in [-0.25, -0.2) is 0 Å². The van der Waals surface area contributed by atoms with Crippen molar-refractivity contribution in [1.29, 1.82) is 0 Å². The molecule has 20 heavy (non-hydrogen) atoms. The first-order chi connectivity index (χ1) is 9.79. The van der Waals surface area contributed by atoms with Gasteiger partial charge in [0.25, 0.3) is 0 Å². The van der Waals surface area contributed by atoms with Gasteiger partial charge in [-0.2, -0.15) is 0 Å². The molecule has 0 aliphatic carbocycles. The number of likely N-dealkylation sites (tertiary alicyclic amines) is 1. The van der Waals surface area contributed by atoms with E-state index in [-0.39, 0.29) is 6.10 Å². The Morgan fingerprint density at radius 2 is 1.95 bits per heavy atom. The Labute approximate surface area is 123 Å². The number of rotatable bonds is 7. The molecular formula is C17H28N2O. The van der Waals surface area contributed by atoms with Gasteiger partial charge in [-0.1, -0.05) is 37.3 Å². The van der Waals surface area contributed by atoms with Gasteiger partial charge in [0.15, 0.2) is 0 Å². The maximum absolute atomic E-state index is 6.38. The maximum Gasteiger partial charge on any atom is 0.0952 e. The first kappa shape index (κ1) is 15.5. The van der Waals surface area contributed by atoms with Crippen molar-refractivity contribution >= 4 is 0 Å². The van der Waals surface area contributed by atoms with Gasteiger partial charge in [-0.3, -0.25) is 0 Å². The minimum absolute atomic E-state index is 0.177. The van der Waals surface area contributed by atoms with Gasteiger partial charge in [-0.05, 0) is 38.4 Å². The number of hydrogen-bond acceptors (Lipinski definition) is 3. The molecule has 1 unspecified atom stereocenters. The molecule has 112 valence electrons. The van der Waals surface area contributed by atoms with Crippen LogP contribution in [0.5, 0.6) is 0 Å². The average Bonchev–Trinajstić information content (AvgIpc) is 2.49. The lowest BCUT2D eigenvalue weighted by Crippen LogP contribution is -2.36. The van der Waals surface area contributed by atoms with Crippen LogP contribution in [-0.4, -0.2) is 44.2 Å². The van der Waals surface area contributed by atoms with Crippen molar-refractivity contribution in [2.75, 3.05) is 33.2 Å². The zero-order valence-electron chi connectivity index (χ0n) is 12.8. The number of piperidine rings is 1. The van der Waals surface area contributed by atoms with Crippen molar-refractivity contribution in [3.63, 3.8) is 0 Å². The molecule has 1 aromatic carbocycles. The highest BCUT2D eigenvalue weighted by atomic mass is 16.5. The zero-order valence-corrected chi connectivity index (χ0v) is 12.8. The molecule has 1 aromatic rings. The van der Waals surface area contributed by atoms with Crippen LogP contribution in [0.4, 0.5) is 0 Å². The normalized spacial score (nSPS) is 19.1. The molecule has 1 N–H and O–H groups in total. The van der Waals surface area contributed by atoms with Crippen molar-refractivity contribution in [2.45, 2.75) is 38.4 Å². The molecule has 3 heteroatoms. The van der Waals surface area contributed by atoms with Crippen molar-refractivity contribution in [2.24, 2.45) is 0 Å². The third-order valence-electron chi connectivity index (χ3n) is 3.95. The van der Waals surface area contributed by atoms with E-state index in [1.165, 1.54) is 5.56 Å². The van der Waals surface area contributed by atoms with Crippen LogP contribution in [0.15, 0.2) is 30.3 Å². The van der Waals surface area contributed by atoms with Crippen LogP contribution in [0.25, 0.3) is 0 Å². The van der Waals surface area contributed by atoms with E-state index in [9.17, 15) is 0 Å². The standard InChI is InChI=1S/C17H28N2O/c1-3-11-18-14-17(15-7-5-4-6-8-15)20-16-9-12-19(2)13-10-16/h4-8,16-18H,3,9-14H2,1-2H3. The largest absolute Gasteiger partial charge is 0.369 e. The fourth-order valence-corrected chi connectivity index (χ4v) is 2.68. The molecule has 1 fully saturated rings. The van der Waals surface area contributed by atoms with Crippen LogP contribution in [-0.2, 0) is 4.74 Å².